The van der Waals surface area contributed by atoms with Gasteiger partial charge in [-0.3, -0.25) is 25.2 Å². The lowest BCUT2D eigenvalue weighted by atomic mass is 10.1. The maximum atomic E-state index is 12.9. The molecule has 2 aliphatic heterocycles. The zero-order valence-corrected chi connectivity index (χ0v) is 15.8. The van der Waals surface area contributed by atoms with Gasteiger partial charge in [0, 0.05) is 22.6 Å². The zero-order chi connectivity index (χ0) is 20.5. The number of hydrogen-bond donors (Lipinski definition) is 2. The van der Waals surface area contributed by atoms with Crippen molar-refractivity contribution < 1.29 is 14.8 Å². The summed E-state index contributed by atoms with van der Waals surface area (Å²) in [4.78, 5) is 28.1. The van der Waals surface area contributed by atoms with Crippen molar-refractivity contribution in [2.75, 3.05) is 5.75 Å². The molecule has 0 saturated heterocycles. The third-order valence-corrected chi connectivity index (χ3v) is 5.21. The molecule has 2 aromatic carbocycles. The molecule has 1 atom stereocenters. The van der Waals surface area contributed by atoms with Gasteiger partial charge in [0.2, 0.25) is 0 Å². The smallest absolute Gasteiger partial charge is 0.311 e. The van der Waals surface area contributed by atoms with Crippen LogP contribution >= 0.6 is 11.8 Å². The number of amides is 1. The summed E-state index contributed by atoms with van der Waals surface area (Å²) in [5.41, 5.74) is 0.289. The lowest BCUT2D eigenvalue weighted by molar-refractivity contribution is -0.386. The third kappa shape index (κ3) is 3.34. The molecule has 0 aromatic heterocycles. The number of thioether (sulfide) groups is 1. The molecule has 2 N–H and O–H groups in total. The first kappa shape index (κ1) is 18.7. The Morgan fingerprint density at radius 1 is 1.34 bits per heavy atom. The predicted molar refractivity (Wildman–Crippen MR) is 108 cm³/mol. The van der Waals surface area contributed by atoms with E-state index in [2.05, 4.69) is 22.0 Å². The van der Waals surface area contributed by atoms with Crippen molar-refractivity contribution in [1.29, 1.82) is 0 Å². The monoisotopic (exact) mass is 409 g/mol. The molecule has 146 valence electrons. The number of nitrogens with zero attached hydrogens (tertiary/aromatic N) is 4. The largest absolute Gasteiger partial charge is 0.502 e. The molecule has 0 aliphatic carbocycles. The number of nitro groups is 1. The normalized spacial score (nSPS) is 17.4. The van der Waals surface area contributed by atoms with Crippen LogP contribution < -0.4 is 15.9 Å². The fourth-order valence-corrected chi connectivity index (χ4v) is 3.68. The highest BCUT2D eigenvalue weighted by Gasteiger charge is 2.35. The number of aromatic hydroxyl groups is 1. The van der Waals surface area contributed by atoms with Crippen LogP contribution in [0.1, 0.15) is 11.7 Å². The van der Waals surface area contributed by atoms with Crippen LogP contribution in [0.25, 0.3) is 5.70 Å². The average Bonchev–Trinajstić information content (AvgIpc) is 2.71. The minimum absolute atomic E-state index is 0.305. The molecule has 9 nitrogen and oxygen atoms in total. The van der Waals surface area contributed by atoms with Gasteiger partial charge in [0.15, 0.2) is 17.1 Å². The number of phenols is 1. The summed E-state index contributed by atoms with van der Waals surface area (Å²) in [5, 5.41) is 31.3. The lowest BCUT2D eigenvalue weighted by Crippen LogP contribution is -2.50. The summed E-state index contributed by atoms with van der Waals surface area (Å²) in [6.45, 7) is 3.66. The maximum absolute atomic E-state index is 12.9. The number of amidine groups is 1. The van der Waals surface area contributed by atoms with E-state index in [0.29, 0.717) is 32.8 Å². The van der Waals surface area contributed by atoms with Gasteiger partial charge in [-0.05, 0) is 12.1 Å². The van der Waals surface area contributed by atoms with Crippen molar-refractivity contribution in [2.45, 2.75) is 6.17 Å². The fraction of sp³-hybridized carbons (Fsp3) is 0.105. The van der Waals surface area contributed by atoms with Crippen LogP contribution in [0.5, 0.6) is 5.75 Å². The minimum Gasteiger partial charge on any atom is -0.502 e. The standard InChI is InChI=1S/C19H15N5O4S/c1-2-9-29-19-21-18(26)16-12-5-3-4-6-13(12)20-17(23(16)22-19)11-7-8-15(25)14(10-11)24(27)28/h2-8,10,17,25H,1,9H2,(H,21,22,26). The van der Waals surface area contributed by atoms with Gasteiger partial charge in [-0.1, -0.05) is 42.1 Å². The van der Waals surface area contributed by atoms with Gasteiger partial charge in [0.05, 0.1) is 10.3 Å². The highest BCUT2D eigenvalue weighted by atomic mass is 32.2. The van der Waals surface area contributed by atoms with Crippen LogP contribution in [0.2, 0.25) is 0 Å². The molecule has 1 amide bonds. The van der Waals surface area contributed by atoms with E-state index in [4.69, 9.17) is 0 Å². The fourth-order valence-electron chi connectivity index (χ4n) is 3.09. The van der Waals surface area contributed by atoms with Gasteiger partial charge < -0.3 is 5.11 Å². The van der Waals surface area contributed by atoms with Crippen LogP contribution in [0.3, 0.4) is 0 Å². The second kappa shape index (κ2) is 7.40. The van der Waals surface area contributed by atoms with E-state index in [0.717, 1.165) is 0 Å². The molecular formula is C19H15N5O4S. The maximum Gasteiger partial charge on any atom is 0.311 e. The molecule has 1 unspecified atom stereocenters. The second-order valence-corrected chi connectivity index (χ2v) is 7.19. The molecule has 4 rings (SSSR count). The second-order valence-electron chi connectivity index (χ2n) is 6.18. The van der Waals surface area contributed by atoms with Gasteiger partial charge in [0.25, 0.3) is 5.91 Å². The molecule has 2 aromatic rings. The zero-order valence-electron chi connectivity index (χ0n) is 15.0. The van der Waals surface area contributed by atoms with Gasteiger partial charge in [0.1, 0.15) is 5.70 Å². The number of para-hydroxylation sites is 1. The molecule has 0 radical (unpaired) electrons. The third-order valence-electron chi connectivity index (χ3n) is 4.35. The number of phenolic OH excluding ortho intramolecular Hbond substituents is 1. The van der Waals surface area contributed by atoms with Crippen molar-refractivity contribution >= 4 is 34.2 Å². The Kier molecular flexibility index (Phi) is 4.77. The summed E-state index contributed by atoms with van der Waals surface area (Å²) in [7, 11) is 0. The average molecular weight is 409 g/mol. The Labute approximate surface area is 168 Å². The Morgan fingerprint density at radius 3 is 2.90 bits per heavy atom. The minimum atomic E-state index is -0.801. The van der Waals surface area contributed by atoms with Crippen molar-refractivity contribution in [3.05, 3.63) is 81.4 Å². The van der Waals surface area contributed by atoms with E-state index in [-0.39, 0.29) is 5.91 Å². The number of carbonyl (C=O) groups excluding carboxylic acids is 1. The van der Waals surface area contributed by atoms with Crippen LogP contribution in [0.15, 0.2) is 65.2 Å². The van der Waals surface area contributed by atoms with E-state index in [1.165, 1.54) is 35.0 Å². The van der Waals surface area contributed by atoms with Crippen LogP contribution in [0.4, 0.5) is 5.69 Å². The first-order chi connectivity index (χ1) is 14.0. The van der Waals surface area contributed by atoms with Gasteiger partial charge in [-0.15, -0.1) is 11.7 Å². The van der Waals surface area contributed by atoms with E-state index >= 15 is 0 Å². The molecule has 0 fully saturated rings. The van der Waals surface area contributed by atoms with Crippen LogP contribution in [0, 0.1) is 10.1 Å². The topological polar surface area (TPSA) is 120 Å². The lowest BCUT2D eigenvalue weighted by Gasteiger charge is -2.34. The number of nitrogens with one attached hydrogen (secondary N) is 1. The van der Waals surface area contributed by atoms with Crippen molar-refractivity contribution in [3.8, 4) is 5.75 Å². The SMILES string of the molecule is C=CCSC1=NN2C(=c3ccccc3=NC2c2ccc(O)c([N+](=O)[O-])c2)C(=O)N1. The Balaban J connectivity index is 1.92. The summed E-state index contributed by atoms with van der Waals surface area (Å²) in [5.74, 6) is -0.237. The number of benzene rings is 2. The van der Waals surface area contributed by atoms with Crippen LogP contribution in [-0.4, -0.2) is 31.9 Å². The molecule has 2 heterocycles. The number of carbonyl (C=O) groups is 1. The van der Waals surface area contributed by atoms with Crippen LogP contribution in [-0.2, 0) is 4.79 Å². The Bertz CT molecular complexity index is 1190. The number of fused-ring (bicyclic) bond motifs is 2. The Hall–Kier alpha value is -3.66. The highest BCUT2D eigenvalue weighted by Crippen LogP contribution is 2.35. The first-order valence-electron chi connectivity index (χ1n) is 8.57. The molecule has 29 heavy (non-hydrogen) atoms. The molecule has 0 spiro atoms. The molecule has 2 aliphatic rings. The molecule has 10 heteroatoms. The summed E-state index contributed by atoms with van der Waals surface area (Å²) >= 11 is 1.30. The van der Waals surface area contributed by atoms with Crippen molar-refractivity contribution in [1.82, 2.24) is 10.3 Å². The van der Waals surface area contributed by atoms with E-state index in [9.17, 15) is 20.0 Å². The van der Waals surface area contributed by atoms with E-state index in [1.54, 1.807) is 30.3 Å². The highest BCUT2D eigenvalue weighted by molar-refractivity contribution is 8.14. The number of rotatable bonds is 4. The van der Waals surface area contributed by atoms with Gasteiger partial charge >= 0.3 is 5.69 Å². The number of nitro benzene ring substituents is 1. The molecule has 0 saturated carbocycles. The summed E-state index contributed by atoms with van der Waals surface area (Å²) in [6.07, 6.45) is 0.888. The van der Waals surface area contributed by atoms with Gasteiger partial charge in [-0.2, -0.15) is 0 Å². The molecular weight excluding hydrogens is 394 g/mol. The summed E-state index contributed by atoms with van der Waals surface area (Å²) in [6, 6.07) is 11.1. The van der Waals surface area contributed by atoms with Crippen molar-refractivity contribution in [3.63, 3.8) is 0 Å². The Morgan fingerprint density at radius 2 is 2.14 bits per heavy atom. The predicted octanol–water partition coefficient (Wildman–Crippen LogP) is 1.36. The van der Waals surface area contributed by atoms with Gasteiger partial charge in [-0.25, -0.2) is 5.01 Å². The number of hydrogen-bond acceptors (Lipinski definition) is 8. The quantitative estimate of drug-likeness (QED) is 0.447. The van der Waals surface area contributed by atoms with E-state index < -0.39 is 22.5 Å². The van der Waals surface area contributed by atoms with Crippen molar-refractivity contribution in [2.24, 2.45) is 10.1 Å². The summed E-state index contributed by atoms with van der Waals surface area (Å²) < 4.78 is 0. The number of hydrazone groups is 1. The molecule has 0 bridgehead atoms. The first-order valence-corrected chi connectivity index (χ1v) is 9.55. The van der Waals surface area contributed by atoms with E-state index in [1.807, 2.05) is 0 Å².